The van der Waals surface area contributed by atoms with Crippen LogP contribution in [0.4, 0.5) is 0 Å². The molecule has 0 unspecified atom stereocenters. The minimum Gasteiger partial charge on any atom is -0.353 e. The summed E-state index contributed by atoms with van der Waals surface area (Å²) in [5, 5.41) is 7.75. The highest BCUT2D eigenvalue weighted by Gasteiger charge is 2.36. The van der Waals surface area contributed by atoms with Gasteiger partial charge in [0.15, 0.2) is 0 Å². The Balaban J connectivity index is 1.39. The number of rotatable bonds is 1. The molecule has 1 aliphatic rings. The van der Waals surface area contributed by atoms with Gasteiger partial charge in [0.1, 0.15) is 0 Å². The molecule has 0 aliphatic heterocycles. The lowest BCUT2D eigenvalue weighted by atomic mass is 9.81. The molecule has 1 nitrogen and oxygen atoms in total. The van der Waals surface area contributed by atoms with Crippen LogP contribution in [0.5, 0.6) is 0 Å². The molecule has 6 aromatic carbocycles. The predicted molar refractivity (Wildman–Crippen MR) is 154 cm³/mol. The topological polar surface area (TPSA) is 15.8 Å². The van der Waals surface area contributed by atoms with E-state index in [9.17, 15) is 0 Å². The maximum absolute atomic E-state index is 3.82. The normalized spacial score (nSPS) is 14.1. The number of aromatic amines is 1. The largest absolute Gasteiger partial charge is 0.353 e. The van der Waals surface area contributed by atoms with E-state index in [1.165, 1.54) is 76.7 Å². The molecule has 1 aliphatic carbocycles. The molecule has 7 aromatic rings. The molecule has 8 rings (SSSR count). The van der Waals surface area contributed by atoms with Gasteiger partial charge < -0.3 is 4.98 Å². The molecule has 1 aromatic heterocycles. The van der Waals surface area contributed by atoms with Gasteiger partial charge in [-0.25, -0.2) is 0 Å². The second-order valence-corrected chi connectivity index (χ2v) is 10.7. The van der Waals surface area contributed by atoms with Crippen molar-refractivity contribution in [1.29, 1.82) is 0 Å². The quantitative estimate of drug-likeness (QED) is 0.251. The number of benzene rings is 6. The van der Waals surface area contributed by atoms with E-state index in [0.29, 0.717) is 0 Å². The van der Waals surface area contributed by atoms with Gasteiger partial charge in [0.2, 0.25) is 0 Å². The number of para-hydroxylation sites is 1. The van der Waals surface area contributed by atoms with Crippen LogP contribution in [-0.4, -0.2) is 4.98 Å². The Kier molecular flexibility index (Phi) is 3.79. The average molecular weight is 460 g/mol. The average Bonchev–Trinajstić information content (AvgIpc) is 3.41. The van der Waals surface area contributed by atoms with Crippen LogP contribution in [0.2, 0.25) is 0 Å². The van der Waals surface area contributed by atoms with E-state index in [4.69, 9.17) is 0 Å². The van der Waals surface area contributed by atoms with Crippen LogP contribution in [-0.2, 0) is 5.41 Å². The summed E-state index contributed by atoms with van der Waals surface area (Å²) in [6.45, 7) is 4.73. The number of nitrogens with one attached hydrogen (secondary N) is 1. The second kappa shape index (κ2) is 6.86. The fraction of sp³-hybridized carbons (Fsp3) is 0.0857. The van der Waals surface area contributed by atoms with Gasteiger partial charge in [-0.2, -0.15) is 0 Å². The summed E-state index contributed by atoms with van der Waals surface area (Å²) in [4.78, 5) is 3.82. The molecule has 1 N–H and O–H groups in total. The zero-order valence-corrected chi connectivity index (χ0v) is 20.4. The molecule has 0 radical (unpaired) electrons. The Morgan fingerprint density at radius 1 is 0.500 bits per heavy atom. The highest BCUT2D eigenvalue weighted by atomic mass is 14.7. The van der Waals surface area contributed by atoms with E-state index in [1.807, 2.05) is 0 Å². The summed E-state index contributed by atoms with van der Waals surface area (Å²) < 4.78 is 0. The monoisotopic (exact) mass is 459 g/mol. The molecule has 0 fully saturated rings. The van der Waals surface area contributed by atoms with E-state index in [1.54, 1.807) is 0 Å². The second-order valence-electron chi connectivity index (χ2n) is 10.7. The van der Waals surface area contributed by atoms with Gasteiger partial charge in [-0.1, -0.05) is 117 Å². The number of fused-ring (bicyclic) bond motifs is 10. The third-order valence-electron chi connectivity index (χ3n) is 8.41. The van der Waals surface area contributed by atoms with Gasteiger partial charge in [-0.05, 0) is 50.0 Å². The van der Waals surface area contributed by atoms with Crippen LogP contribution < -0.4 is 0 Å². The predicted octanol–water partition coefficient (Wildman–Crippen LogP) is 9.60. The van der Waals surface area contributed by atoms with E-state index < -0.39 is 0 Å². The maximum atomic E-state index is 3.82. The summed E-state index contributed by atoms with van der Waals surface area (Å²) in [6, 6.07) is 40.3. The van der Waals surface area contributed by atoms with Gasteiger partial charge in [-0.3, -0.25) is 0 Å². The fourth-order valence-electron chi connectivity index (χ4n) is 6.58. The molecule has 0 spiro atoms. The standard InChI is InChI=1S/C35H25N/c1-35(2)30-19-16-21-8-3-5-10-24(21)32(30)29-18-15-23(20-31(29)35)26-12-7-13-27-28-17-14-22-9-4-6-11-25(22)33(28)36-34(26)27/h3-20,36H,1-2H3. The van der Waals surface area contributed by atoms with Crippen LogP contribution in [0.25, 0.3) is 65.6 Å². The fourth-order valence-corrected chi connectivity index (χ4v) is 6.58. The molecular formula is C35H25N. The van der Waals surface area contributed by atoms with E-state index >= 15 is 0 Å². The first kappa shape index (κ1) is 19.9. The number of hydrogen-bond acceptors (Lipinski definition) is 0. The Morgan fingerprint density at radius 2 is 1.19 bits per heavy atom. The summed E-state index contributed by atoms with van der Waals surface area (Å²) in [6.07, 6.45) is 0. The summed E-state index contributed by atoms with van der Waals surface area (Å²) in [5.74, 6) is 0. The molecule has 1 heteroatoms. The minimum absolute atomic E-state index is 0.0464. The molecule has 0 saturated carbocycles. The van der Waals surface area contributed by atoms with Gasteiger partial charge in [0, 0.05) is 27.1 Å². The van der Waals surface area contributed by atoms with Crippen LogP contribution in [0.1, 0.15) is 25.0 Å². The summed E-state index contributed by atoms with van der Waals surface area (Å²) in [5.41, 5.74) is 10.5. The first-order chi connectivity index (χ1) is 17.6. The SMILES string of the molecule is CC1(C)c2cc(-c3cccc4c3[nH]c3c5ccccc5ccc43)ccc2-c2c1ccc1ccccc21. The van der Waals surface area contributed by atoms with Crippen molar-refractivity contribution < 1.29 is 0 Å². The first-order valence-electron chi connectivity index (χ1n) is 12.7. The number of hydrogen-bond donors (Lipinski definition) is 1. The number of aromatic nitrogens is 1. The molecule has 1 heterocycles. The van der Waals surface area contributed by atoms with Crippen molar-refractivity contribution in [2.45, 2.75) is 19.3 Å². The van der Waals surface area contributed by atoms with Gasteiger partial charge in [0.05, 0.1) is 11.0 Å². The lowest BCUT2D eigenvalue weighted by molar-refractivity contribution is 0.661. The van der Waals surface area contributed by atoms with Gasteiger partial charge >= 0.3 is 0 Å². The van der Waals surface area contributed by atoms with Crippen molar-refractivity contribution in [3.63, 3.8) is 0 Å². The van der Waals surface area contributed by atoms with Crippen molar-refractivity contribution in [2.24, 2.45) is 0 Å². The third kappa shape index (κ3) is 2.50. The van der Waals surface area contributed by atoms with Crippen LogP contribution in [0.3, 0.4) is 0 Å². The Morgan fingerprint density at radius 3 is 2.06 bits per heavy atom. The number of H-pyrrole nitrogens is 1. The van der Waals surface area contributed by atoms with Crippen molar-refractivity contribution in [2.75, 3.05) is 0 Å². The first-order valence-corrected chi connectivity index (χ1v) is 12.7. The summed E-state index contributed by atoms with van der Waals surface area (Å²) >= 11 is 0. The molecular weight excluding hydrogens is 434 g/mol. The van der Waals surface area contributed by atoms with Crippen LogP contribution in [0, 0.1) is 0 Å². The highest BCUT2D eigenvalue weighted by Crippen LogP contribution is 2.52. The lowest BCUT2D eigenvalue weighted by Gasteiger charge is -2.22. The van der Waals surface area contributed by atoms with E-state index in [-0.39, 0.29) is 5.41 Å². The third-order valence-corrected chi connectivity index (χ3v) is 8.41. The lowest BCUT2D eigenvalue weighted by Crippen LogP contribution is -2.15. The van der Waals surface area contributed by atoms with Crippen LogP contribution in [0.15, 0.2) is 109 Å². The van der Waals surface area contributed by atoms with Crippen molar-refractivity contribution >= 4 is 43.4 Å². The summed E-state index contributed by atoms with van der Waals surface area (Å²) in [7, 11) is 0. The smallest absolute Gasteiger partial charge is 0.0544 e. The zero-order valence-electron chi connectivity index (χ0n) is 20.4. The molecule has 36 heavy (non-hydrogen) atoms. The van der Waals surface area contributed by atoms with Crippen molar-refractivity contribution in [3.8, 4) is 22.3 Å². The van der Waals surface area contributed by atoms with Crippen LogP contribution >= 0.6 is 0 Å². The zero-order chi connectivity index (χ0) is 24.0. The Hall–Kier alpha value is -4.36. The molecule has 0 amide bonds. The Labute approximate surface area is 210 Å². The molecule has 0 bridgehead atoms. The van der Waals surface area contributed by atoms with Gasteiger partial charge in [-0.15, -0.1) is 0 Å². The molecule has 0 atom stereocenters. The molecule has 0 saturated heterocycles. The van der Waals surface area contributed by atoms with Crippen molar-refractivity contribution in [3.05, 3.63) is 120 Å². The van der Waals surface area contributed by atoms with E-state index in [2.05, 4.69) is 128 Å². The Bertz CT molecular complexity index is 2020. The van der Waals surface area contributed by atoms with Gasteiger partial charge in [0.25, 0.3) is 0 Å². The maximum Gasteiger partial charge on any atom is 0.0544 e. The van der Waals surface area contributed by atoms with Crippen molar-refractivity contribution in [1.82, 2.24) is 4.98 Å². The van der Waals surface area contributed by atoms with E-state index in [0.717, 1.165) is 0 Å². The highest BCUT2D eigenvalue weighted by molar-refractivity contribution is 6.19. The minimum atomic E-state index is -0.0464. The molecule has 170 valence electrons.